The SMILES string of the molecule is Nc1cnn(COCC(F)(F)F)n1. The molecular weight excluding hydrogens is 189 g/mol. The highest BCUT2D eigenvalue weighted by Crippen LogP contribution is 2.14. The second kappa shape index (κ2) is 3.60. The van der Waals surface area contributed by atoms with Crippen LogP contribution in [0, 0.1) is 0 Å². The molecule has 1 heterocycles. The topological polar surface area (TPSA) is 66.0 Å². The standard InChI is InChI=1S/C5H7F3N4O/c6-5(7,8)2-13-3-12-10-1-4(9)11-12/h1H,2-3H2,(H2,9,11). The number of alkyl halides is 3. The third-order valence-electron chi connectivity index (χ3n) is 1.03. The molecule has 0 spiro atoms. The maximum atomic E-state index is 11.6. The first-order valence-electron chi connectivity index (χ1n) is 3.27. The van der Waals surface area contributed by atoms with E-state index in [0.717, 1.165) is 4.80 Å². The molecule has 0 saturated carbocycles. The molecule has 0 aromatic carbocycles. The summed E-state index contributed by atoms with van der Waals surface area (Å²) in [6.07, 6.45) is -3.12. The Morgan fingerprint density at radius 3 is 2.69 bits per heavy atom. The predicted molar refractivity (Wildman–Crippen MR) is 36.4 cm³/mol. The van der Waals surface area contributed by atoms with E-state index in [1.807, 2.05) is 0 Å². The summed E-state index contributed by atoms with van der Waals surface area (Å²) in [4.78, 5) is 0.932. The maximum absolute atomic E-state index is 11.6. The second-order valence-electron chi connectivity index (χ2n) is 2.23. The average Bonchev–Trinajstić information content (AvgIpc) is 2.33. The summed E-state index contributed by atoms with van der Waals surface area (Å²) in [7, 11) is 0. The molecule has 0 atom stereocenters. The number of nitrogens with zero attached hydrogens (tertiary/aromatic N) is 3. The van der Waals surface area contributed by atoms with Crippen molar-refractivity contribution in [2.24, 2.45) is 0 Å². The Morgan fingerprint density at radius 2 is 2.23 bits per heavy atom. The van der Waals surface area contributed by atoms with Crippen LogP contribution in [-0.4, -0.2) is 27.8 Å². The van der Waals surface area contributed by atoms with Crippen LogP contribution in [0.4, 0.5) is 19.0 Å². The number of aromatic nitrogens is 3. The predicted octanol–water partition coefficient (Wildman–Crippen LogP) is 0.397. The Balaban J connectivity index is 2.28. The van der Waals surface area contributed by atoms with Crippen LogP contribution in [0.1, 0.15) is 0 Å². The van der Waals surface area contributed by atoms with Crippen LogP contribution in [-0.2, 0) is 11.5 Å². The molecular formula is C5H7F3N4O. The largest absolute Gasteiger partial charge is 0.411 e. The first kappa shape index (κ1) is 9.78. The minimum atomic E-state index is -4.33. The van der Waals surface area contributed by atoms with Gasteiger partial charge < -0.3 is 10.5 Å². The van der Waals surface area contributed by atoms with Crippen molar-refractivity contribution >= 4 is 5.82 Å². The molecule has 5 nitrogen and oxygen atoms in total. The van der Waals surface area contributed by atoms with Gasteiger partial charge in [0, 0.05) is 0 Å². The molecule has 0 bridgehead atoms. The van der Waals surface area contributed by atoms with Crippen molar-refractivity contribution < 1.29 is 17.9 Å². The lowest BCUT2D eigenvalue weighted by atomic mass is 10.7. The molecule has 0 fully saturated rings. The average molecular weight is 196 g/mol. The van der Waals surface area contributed by atoms with Crippen molar-refractivity contribution in [2.75, 3.05) is 12.3 Å². The van der Waals surface area contributed by atoms with Gasteiger partial charge in [0.1, 0.15) is 6.61 Å². The summed E-state index contributed by atoms with van der Waals surface area (Å²) >= 11 is 0. The Kier molecular flexibility index (Phi) is 2.71. The van der Waals surface area contributed by atoms with E-state index in [9.17, 15) is 13.2 Å². The fourth-order valence-electron chi connectivity index (χ4n) is 0.616. The number of rotatable bonds is 3. The van der Waals surface area contributed by atoms with Gasteiger partial charge in [-0.05, 0) is 0 Å². The number of anilines is 1. The zero-order valence-electron chi connectivity index (χ0n) is 6.45. The zero-order chi connectivity index (χ0) is 9.90. The minimum absolute atomic E-state index is 0.135. The highest BCUT2D eigenvalue weighted by molar-refractivity contribution is 5.19. The van der Waals surface area contributed by atoms with Gasteiger partial charge in [0.25, 0.3) is 0 Å². The first-order chi connectivity index (χ1) is 5.97. The molecule has 0 aliphatic rings. The van der Waals surface area contributed by atoms with E-state index in [0.29, 0.717) is 0 Å². The van der Waals surface area contributed by atoms with Gasteiger partial charge in [-0.3, -0.25) is 0 Å². The number of halogens is 3. The fourth-order valence-corrected chi connectivity index (χ4v) is 0.616. The molecule has 0 amide bonds. The Labute approximate surface area is 71.3 Å². The normalized spacial score (nSPS) is 11.9. The zero-order valence-corrected chi connectivity index (χ0v) is 6.45. The molecule has 0 saturated heterocycles. The molecule has 1 aromatic heterocycles. The van der Waals surface area contributed by atoms with Gasteiger partial charge in [0.15, 0.2) is 12.5 Å². The molecule has 74 valence electrons. The van der Waals surface area contributed by atoms with Crippen LogP contribution in [0.3, 0.4) is 0 Å². The molecule has 8 heteroatoms. The summed E-state index contributed by atoms with van der Waals surface area (Å²) in [6, 6.07) is 0. The Bertz CT molecular complexity index is 271. The summed E-state index contributed by atoms with van der Waals surface area (Å²) in [5.74, 6) is 0.135. The van der Waals surface area contributed by atoms with Gasteiger partial charge in [-0.15, -0.1) is 5.10 Å². The van der Waals surface area contributed by atoms with Gasteiger partial charge in [0.2, 0.25) is 0 Å². The van der Waals surface area contributed by atoms with Crippen molar-refractivity contribution in [3.05, 3.63) is 6.20 Å². The van der Waals surface area contributed by atoms with E-state index >= 15 is 0 Å². The number of hydrogen-bond acceptors (Lipinski definition) is 4. The lowest BCUT2D eigenvalue weighted by Crippen LogP contribution is -2.19. The molecule has 0 aliphatic heterocycles. The maximum Gasteiger partial charge on any atom is 0.411 e. The fraction of sp³-hybridized carbons (Fsp3) is 0.600. The quantitative estimate of drug-likeness (QED) is 0.759. The number of nitrogens with two attached hydrogens (primary N) is 1. The third kappa shape index (κ3) is 3.74. The second-order valence-corrected chi connectivity index (χ2v) is 2.23. The van der Waals surface area contributed by atoms with Gasteiger partial charge in [-0.1, -0.05) is 0 Å². The lowest BCUT2D eigenvalue weighted by molar-refractivity contribution is -0.183. The van der Waals surface area contributed by atoms with Crippen LogP contribution >= 0.6 is 0 Å². The van der Waals surface area contributed by atoms with Crippen LogP contribution in [0.25, 0.3) is 0 Å². The van der Waals surface area contributed by atoms with Gasteiger partial charge in [-0.2, -0.15) is 23.1 Å². The van der Waals surface area contributed by atoms with Crippen LogP contribution in [0.5, 0.6) is 0 Å². The minimum Gasteiger partial charge on any atom is -0.381 e. The van der Waals surface area contributed by atoms with Gasteiger partial charge in [0.05, 0.1) is 6.20 Å². The van der Waals surface area contributed by atoms with Crippen LogP contribution in [0.2, 0.25) is 0 Å². The molecule has 2 N–H and O–H groups in total. The smallest absolute Gasteiger partial charge is 0.381 e. The summed E-state index contributed by atoms with van der Waals surface area (Å²) in [5.41, 5.74) is 5.16. The number of nitrogen functional groups attached to an aromatic ring is 1. The van der Waals surface area contributed by atoms with Crippen molar-refractivity contribution in [3.8, 4) is 0 Å². The van der Waals surface area contributed by atoms with E-state index in [1.54, 1.807) is 0 Å². The van der Waals surface area contributed by atoms with Crippen molar-refractivity contribution in [2.45, 2.75) is 12.9 Å². The van der Waals surface area contributed by atoms with Crippen LogP contribution in [0.15, 0.2) is 6.20 Å². The van der Waals surface area contributed by atoms with Gasteiger partial charge >= 0.3 is 6.18 Å². The molecule has 0 unspecified atom stereocenters. The molecule has 1 aromatic rings. The van der Waals surface area contributed by atoms with E-state index in [2.05, 4.69) is 14.9 Å². The van der Waals surface area contributed by atoms with E-state index in [-0.39, 0.29) is 12.5 Å². The van der Waals surface area contributed by atoms with Crippen molar-refractivity contribution in [1.29, 1.82) is 0 Å². The summed E-state index contributed by atoms with van der Waals surface area (Å²) in [6.45, 7) is -1.69. The highest BCUT2D eigenvalue weighted by Gasteiger charge is 2.27. The Hall–Kier alpha value is -1.31. The molecule has 1 rings (SSSR count). The number of ether oxygens (including phenoxy) is 1. The summed E-state index contributed by atoms with van der Waals surface area (Å²) < 4.78 is 38.9. The molecule has 13 heavy (non-hydrogen) atoms. The summed E-state index contributed by atoms with van der Waals surface area (Å²) in [5, 5.41) is 7.04. The highest BCUT2D eigenvalue weighted by atomic mass is 19.4. The van der Waals surface area contributed by atoms with Gasteiger partial charge in [-0.25, -0.2) is 0 Å². The van der Waals surface area contributed by atoms with E-state index in [4.69, 9.17) is 5.73 Å². The lowest BCUT2D eigenvalue weighted by Gasteiger charge is -2.06. The number of hydrogen-bond donors (Lipinski definition) is 1. The van der Waals surface area contributed by atoms with Crippen LogP contribution < -0.4 is 5.73 Å². The van der Waals surface area contributed by atoms with E-state index < -0.39 is 12.8 Å². The molecule has 0 aliphatic carbocycles. The van der Waals surface area contributed by atoms with Crippen molar-refractivity contribution in [1.82, 2.24) is 15.0 Å². The van der Waals surface area contributed by atoms with Crippen molar-refractivity contribution in [3.63, 3.8) is 0 Å². The molecule has 0 radical (unpaired) electrons. The first-order valence-corrected chi connectivity index (χ1v) is 3.27. The third-order valence-corrected chi connectivity index (χ3v) is 1.03. The Morgan fingerprint density at radius 1 is 1.54 bits per heavy atom. The monoisotopic (exact) mass is 196 g/mol. The van der Waals surface area contributed by atoms with E-state index in [1.165, 1.54) is 6.20 Å².